The first-order chi connectivity index (χ1) is 11.6. The third-order valence-corrected chi connectivity index (χ3v) is 4.55. The number of nitrogens with zero attached hydrogens (tertiary/aromatic N) is 1. The van der Waals surface area contributed by atoms with Crippen molar-refractivity contribution in [2.45, 2.75) is 13.8 Å². The molecule has 0 saturated carbocycles. The Labute approximate surface area is 143 Å². The van der Waals surface area contributed by atoms with Crippen molar-refractivity contribution < 1.29 is 9.59 Å². The number of carbonyl (C=O) groups is 2. The standard InChI is InChI=1S/C18H17N3O2S/c1-12-5-6-14(13(2)11-12)17(22)19-20-18(23)16-15(7-10-24-16)21-8-3-4-9-21/h3-11H,1-2H3,(H,19,22)(H,20,23). The maximum Gasteiger partial charge on any atom is 0.281 e. The van der Waals surface area contributed by atoms with E-state index in [1.165, 1.54) is 11.3 Å². The highest BCUT2D eigenvalue weighted by Crippen LogP contribution is 2.21. The Morgan fingerprint density at radius 2 is 1.71 bits per heavy atom. The van der Waals surface area contributed by atoms with E-state index in [0.29, 0.717) is 10.4 Å². The molecule has 2 amide bonds. The largest absolute Gasteiger partial charge is 0.322 e. The van der Waals surface area contributed by atoms with Gasteiger partial charge in [0.2, 0.25) is 0 Å². The lowest BCUT2D eigenvalue weighted by Gasteiger charge is -2.10. The van der Waals surface area contributed by atoms with Gasteiger partial charge >= 0.3 is 0 Å². The summed E-state index contributed by atoms with van der Waals surface area (Å²) in [6.07, 6.45) is 3.74. The zero-order valence-electron chi connectivity index (χ0n) is 13.4. The second kappa shape index (κ2) is 6.72. The lowest BCUT2D eigenvalue weighted by Crippen LogP contribution is -2.41. The molecule has 0 fully saturated rings. The van der Waals surface area contributed by atoms with Gasteiger partial charge in [-0.25, -0.2) is 0 Å². The number of rotatable bonds is 3. The molecule has 5 nitrogen and oxygen atoms in total. The van der Waals surface area contributed by atoms with Crippen molar-refractivity contribution in [3.63, 3.8) is 0 Å². The van der Waals surface area contributed by atoms with Crippen LogP contribution in [0.5, 0.6) is 0 Å². The lowest BCUT2D eigenvalue weighted by atomic mass is 10.1. The number of carbonyl (C=O) groups excluding carboxylic acids is 2. The van der Waals surface area contributed by atoms with Gasteiger partial charge in [0.05, 0.1) is 5.69 Å². The summed E-state index contributed by atoms with van der Waals surface area (Å²) >= 11 is 1.32. The van der Waals surface area contributed by atoms with Crippen molar-refractivity contribution in [3.05, 3.63) is 75.7 Å². The maximum atomic E-state index is 12.4. The first kappa shape index (κ1) is 16.0. The summed E-state index contributed by atoms with van der Waals surface area (Å²) in [5.74, 6) is -0.674. The molecule has 0 aliphatic carbocycles. The van der Waals surface area contributed by atoms with Crippen LogP contribution in [0.1, 0.15) is 31.2 Å². The van der Waals surface area contributed by atoms with Crippen molar-refractivity contribution >= 4 is 23.2 Å². The zero-order chi connectivity index (χ0) is 17.1. The normalized spacial score (nSPS) is 10.4. The second-order valence-corrected chi connectivity index (χ2v) is 6.37. The Bertz CT molecular complexity index is 882. The van der Waals surface area contributed by atoms with Gasteiger partial charge in [0.15, 0.2) is 0 Å². The zero-order valence-corrected chi connectivity index (χ0v) is 14.2. The number of aryl methyl sites for hydroxylation is 2. The molecule has 3 aromatic rings. The van der Waals surface area contributed by atoms with Gasteiger partial charge in [-0.15, -0.1) is 11.3 Å². The predicted octanol–water partition coefficient (Wildman–Crippen LogP) is 3.23. The van der Waals surface area contributed by atoms with Gasteiger partial charge in [-0.2, -0.15) is 0 Å². The number of aromatic nitrogens is 1. The lowest BCUT2D eigenvalue weighted by molar-refractivity contribution is 0.0848. The topological polar surface area (TPSA) is 63.1 Å². The van der Waals surface area contributed by atoms with Crippen LogP contribution in [-0.4, -0.2) is 16.4 Å². The Hall–Kier alpha value is -2.86. The number of nitrogens with one attached hydrogen (secondary N) is 2. The molecule has 0 spiro atoms. The number of hydrogen-bond acceptors (Lipinski definition) is 3. The van der Waals surface area contributed by atoms with Crippen molar-refractivity contribution in [3.8, 4) is 5.69 Å². The minimum absolute atomic E-state index is 0.333. The van der Waals surface area contributed by atoms with Crippen LogP contribution in [0.2, 0.25) is 0 Å². The molecule has 0 atom stereocenters. The van der Waals surface area contributed by atoms with Gasteiger partial charge in [0.1, 0.15) is 4.88 Å². The van der Waals surface area contributed by atoms with Crippen LogP contribution < -0.4 is 10.9 Å². The van der Waals surface area contributed by atoms with E-state index in [9.17, 15) is 9.59 Å². The Balaban J connectivity index is 1.70. The summed E-state index contributed by atoms with van der Waals surface area (Å²) in [6.45, 7) is 3.84. The summed E-state index contributed by atoms with van der Waals surface area (Å²) in [5.41, 5.74) is 8.24. The Kier molecular flexibility index (Phi) is 4.48. The van der Waals surface area contributed by atoms with Crippen LogP contribution in [0.15, 0.2) is 54.2 Å². The fourth-order valence-electron chi connectivity index (χ4n) is 2.48. The SMILES string of the molecule is Cc1ccc(C(=O)NNC(=O)c2sccc2-n2cccc2)c(C)c1. The van der Waals surface area contributed by atoms with E-state index >= 15 is 0 Å². The number of thiophene rings is 1. The third kappa shape index (κ3) is 3.23. The van der Waals surface area contributed by atoms with Gasteiger partial charge in [0.25, 0.3) is 11.8 Å². The third-order valence-electron chi connectivity index (χ3n) is 3.65. The van der Waals surface area contributed by atoms with E-state index in [-0.39, 0.29) is 11.8 Å². The molecule has 2 heterocycles. The van der Waals surface area contributed by atoms with Crippen molar-refractivity contribution in [1.29, 1.82) is 0 Å². The highest BCUT2D eigenvalue weighted by molar-refractivity contribution is 7.12. The fraction of sp³-hybridized carbons (Fsp3) is 0.111. The molecule has 0 saturated heterocycles. The molecule has 0 aliphatic heterocycles. The summed E-state index contributed by atoms with van der Waals surface area (Å²) in [6, 6.07) is 11.2. The Morgan fingerprint density at radius 1 is 1.00 bits per heavy atom. The van der Waals surface area contributed by atoms with Crippen molar-refractivity contribution in [2.24, 2.45) is 0 Å². The fourth-order valence-corrected chi connectivity index (χ4v) is 3.26. The molecule has 2 N–H and O–H groups in total. The highest BCUT2D eigenvalue weighted by atomic mass is 32.1. The molecular weight excluding hydrogens is 322 g/mol. The molecule has 3 rings (SSSR count). The van der Waals surface area contributed by atoms with Crippen molar-refractivity contribution in [1.82, 2.24) is 15.4 Å². The highest BCUT2D eigenvalue weighted by Gasteiger charge is 2.16. The Morgan fingerprint density at radius 3 is 2.42 bits per heavy atom. The van der Waals surface area contributed by atoms with Crippen LogP contribution in [0.3, 0.4) is 0 Å². The van der Waals surface area contributed by atoms with E-state index in [4.69, 9.17) is 0 Å². The molecule has 6 heteroatoms. The average Bonchev–Trinajstić information content (AvgIpc) is 3.22. The molecule has 0 aliphatic rings. The van der Waals surface area contributed by atoms with Crippen LogP contribution >= 0.6 is 11.3 Å². The van der Waals surface area contributed by atoms with E-state index in [1.807, 2.05) is 66.5 Å². The van der Waals surface area contributed by atoms with Gasteiger partial charge in [0, 0.05) is 18.0 Å². The van der Waals surface area contributed by atoms with E-state index in [0.717, 1.165) is 16.8 Å². The first-order valence-electron chi connectivity index (χ1n) is 7.45. The monoisotopic (exact) mass is 339 g/mol. The average molecular weight is 339 g/mol. The predicted molar refractivity (Wildman–Crippen MR) is 94.5 cm³/mol. The van der Waals surface area contributed by atoms with Crippen LogP contribution in [0.25, 0.3) is 5.69 Å². The van der Waals surface area contributed by atoms with Gasteiger partial charge < -0.3 is 4.57 Å². The molecule has 1 aromatic carbocycles. The molecule has 122 valence electrons. The molecule has 0 bridgehead atoms. The number of hydrogen-bond donors (Lipinski definition) is 2. The van der Waals surface area contributed by atoms with Gasteiger partial charge in [-0.3, -0.25) is 20.4 Å². The van der Waals surface area contributed by atoms with E-state index < -0.39 is 0 Å². The van der Waals surface area contributed by atoms with E-state index in [1.54, 1.807) is 6.07 Å². The van der Waals surface area contributed by atoms with E-state index in [2.05, 4.69) is 10.9 Å². The molecular formula is C18H17N3O2S. The minimum Gasteiger partial charge on any atom is -0.322 e. The smallest absolute Gasteiger partial charge is 0.281 e. The molecule has 0 radical (unpaired) electrons. The number of amides is 2. The van der Waals surface area contributed by atoms with Gasteiger partial charge in [-0.05, 0) is 49.1 Å². The first-order valence-corrected chi connectivity index (χ1v) is 8.33. The number of benzene rings is 1. The van der Waals surface area contributed by atoms with Crippen molar-refractivity contribution in [2.75, 3.05) is 0 Å². The summed E-state index contributed by atoms with van der Waals surface area (Å²) < 4.78 is 1.86. The van der Waals surface area contributed by atoms with Crippen LogP contribution in [0.4, 0.5) is 0 Å². The van der Waals surface area contributed by atoms with Crippen LogP contribution in [-0.2, 0) is 0 Å². The molecule has 2 aromatic heterocycles. The van der Waals surface area contributed by atoms with Crippen LogP contribution in [0, 0.1) is 13.8 Å². The maximum absolute atomic E-state index is 12.4. The summed E-state index contributed by atoms with van der Waals surface area (Å²) in [5, 5.41) is 1.84. The summed E-state index contributed by atoms with van der Waals surface area (Å²) in [4.78, 5) is 25.1. The molecule has 24 heavy (non-hydrogen) atoms. The van der Waals surface area contributed by atoms with Gasteiger partial charge in [-0.1, -0.05) is 17.7 Å². The molecule has 0 unspecified atom stereocenters. The second-order valence-electron chi connectivity index (χ2n) is 5.45. The minimum atomic E-state index is -0.341. The quantitative estimate of drug-likeness (QED) is 0.720. The number of hydrazine groups is 1. The summed E-state index contributed by atoms with van der Waals surface area (Å²) in [7, 11) is 0.